The van der Waals surface area contributed by atoms with Crippen LogP contribution in [0, 0.1) is 0 Å². The standard InChI is InChI=1S/C13H10BrNO7.C2H6/c14-7-2-6-5(4-21-13(20)11(15)12(18)19)1-10(17)22-9(6)3-8(7)16;1-2/h1-3,11,16H,4,15H2,(H,18,19);1-2H3. The summed E-state index contributed by atoms with van der Waals surface area (Å²) < 4.78 is 10.1. The number of hydrogen-bond acceptors (Lipinski definition) is 7. The van der Waals surface area contributed by atoms with E-state index < -0.39 is 23.6 Å². The number of ether oxygens (including phenoxy) is 1. The molecule has 0 spiro atoms. The number of halogens is 1. The van der Waals surface area contributed by atoms with Gasteiger partial charge in [-0.25, -0.2) is 14.4 Å². The Morgan fingerprint density at radius 1 is 1.33 bits per heavy atom. The maximum Gasteiger partial charge on any atom is 0.336 e. The number of aromatic hydroxyl groups is 1. The van der Waals surface area contributed by atoms with E-state index in [1.807, 2.05) is 13.8 Å². The molecular weight excluding hydrogens is 386 g/mol. The zero-order valence-corrected chi connectivity index (χ0v) is 14.5. The van der Waals surface area contributed by atoms with Crippen molar-refractivity contribution < 1.29 is 29.0 Å². The molecule has 1 aromatic heterocycles. The fourth-order valence-electron chi connectivity index (χ4n) is 1.69. The molecule has 0 amide bonds. The van der Waals surface area contributed by atoms with Gasteiger partial charge < -0.3 is 25.1 Å². The molecule has 0 aliphatic heterocycles. The number of benzene rings is 1. The number of nitrogens with two attached hydrogens (primary N) is 1. The monoisotopic (exact) mass is 401 g/mol. The number of phenols is 1. The van der Waals surface area contributed by atoms with Gasteiger partial charge in [-0.05, 0) is 22.0 Å². The maximum atomic E-state index is 11.5. The Morgan fingerprint density at radius 2 is 1.96 bits per heavy atom. The Balaban J connectivity index is 0.00000139. The minimum absolute atomic E-state index is 0.0989. The first-order valence-corrected chi connectivity index (χ1v) is 7.69. The zero-order valence-electron chi connectivity index (χ0n) is 12.9. The Kier molecular flexibility index (Phi) is 6.93. The van der Waals surface area contributed by atoms with Gasteiger partial charge in [-0.15, -0.1) is 0 Å². The summed E-state index contributed by atoms with van der Waals surface area (Å²) in [5.41, 5.74) is 4.80. The number of rotatable bonds is 4. The molecule has 0 bridgehead atoms. The van der Waals surface area contributed by atoms with Gasteiger partial charge in [0.15, 0.2) is 0 Å². The van der Waals surface area contributed by atoms with Crippen LogP contribution in [-0.2, 0) is 20.9 Å². The molecule has 0 saturated carbocycles. The number of fused-ring (bicyclic) bond motifs is 1. The Bertz CT molecular complexity index is 815. The van der Waals surface area contributed by atoms with Crippen LogP contribution in [-0.4, -0.2) is 28.2 Å². The molecule has 2 aromatic rings. The summed E-state index contributed by atoms with van der Waals surface area (Å²) >= 11 is 3.12. The van der Waals surface area contributed by atoms with Crippen molar-refractivity contribution in [1.29, 1.82) is 0 Å². The molecule has 24 heavy (non-hydrogen) atoms. The molecule has 0 radical (unpaired) electrons. The van der Waals surface area contributed by atoms with Gasteiger partial charge in [0.05, 0.1) is 4.47 Å². The Morgan fingerprint density at radius 3 is 2.54 bits per heavy atom. The molecule has 1 unspecified atom stereocenters. The predicted octanol–water partition coefficient (Wildman–Crippen LogP) is 1.74. The Hall–Kier alpha value is -2.39. The third kappa shape index (κ3) is 4.56. The first kappa shape index (κ1) is 19.7. The minimum Gasteiger partial charge on any atom is -0.507 e. The highest BCUT2D eigenvalue weighted by Crippen LogP contribution is 2.30. The van der Waals surface area contributed by atoms with Crippen LogP contribution in [0.4, 0.5) is 0 Å². The van der Waals surface area contributed by atoms with E-state index in [2.05, 4.69) is 15.9 Å². The number of carbonyl (C=O) groups excluding carboxylic acids is 1. The summed E-state index contributed by atoms with van der Waals surface area (Å²) in [6.07, 6.45) is 0. The summed E-state index contributed by atoms with van der Waals surface area (Å²) in [4.78, 5) is 33.5. The number of phenolic OH excluding ortho intramolecular Hbond substituents is 1. The van der Waals surface area contributed by atoms with Crippen molar-refractivity contribution in [3.63, 3.8) is 0 Å². The van der Waals surface area contributed by atoms with Crippen LogP contribution in [0.15, 0.2) is 31.9 Å². The fraction of sp³-hybridized carbons (Fsp3) is 0.267. The second-order valence-corrected chi connectivity index (χ2v) is 5.17. The minimum atomic E-state index is -1.80. The maximum absolute atomic E-state index is 11.5. The molecule has 0 fully saturated rings. The molecule has 1 atom stereocenters. The van der Waals surface area contributed by atoms with Gasteiger partial charge in [0.2, 0.25) is 6.04 Å². The fourth-order valence-corrected chi connectivity index (χ4v) is 2.04. The van der Waals surface area contributed by atoms with E-state index in [0.717, 1.165) is 6.07 Å². The van der Waals surface area contributed by atoms with Crippen molar-refractivity contribution in [2.45, 2.75) is 26.5 Å². The molecule has 8 nitrogen and oxygen atoms in total. The van der Waals surface area contributed by atoms with Crippen LogP contribution >= 0.6 is 15.9 Å². The van der Waals surface area contributed by atoms with Crippen LogP contribution in [0.25, 0.3) is 11.0 Å². The molecule has 9 heteroatoms. The number of hydrogen-bond donors (Lipinski definition) is 3. The van der Waals surface area contributed by atoms with Crippen LogP contribution in [0.2, 0.25) is 0 Å². The average Bonchev–Trinajstić information content (AvgIpc) is 2.55. The lowest BCUT2D eigenvalue weighted by molar-refractivity contribution is -0.154. The van der Waals surface area contributed by atoms with E-state index in [4.69, 9.17) is 20.0 Å². The second kappa shape index (κ2) is 8.46. The van der Waals surface area contributed by atoms with Crippen molar-refractivity contribution >= 4 is 38.8 Å². The molecule has 4 N–H and O–H groups in total. The number of carbonyl (C=O) groups is 2. The summed E-state index contributed by atoms with van der Waals surface area (Å²) in [5, 5.41) is 18.6. The van der Waals surface area contributed by atoms with Gasteiger partial charge in [0.25, 0.3) is 0 Å². The second-order valence-electron chi connectivity index (χ2n) is 4.31. The van der Waals surface area contributed by atoms with Crippen LogP contribution in [0.1, 0.15) is 19.4 Å². The predicted molar refractivity (Wildman–Crippen MR) is 88.6 cm³/mol. The highest BCUT2D eigenvalue weighted by atomic mass is 79.9. The highest BCUT2D eigenvalue weighted by molar-refractivity contribution is 9.10. The van der Waals surface area contributed by atoms with Crippen LogP contribution in [0.5, 0.6) is 5.75 Å². The summed E-state index contributed by atoms with van der Waals surface area (Å²) in [5.74, 6) is -2.78. The van der Waals surface area contributed by atoms with E-state index in [1.54, 1.807) is 0 Å². The lowest BCUT2D eigenvalue weighted by atomic mass is 10.1. The quantitative estimate of drug-likeness (QED) is 0.399. The number of carboxylic acids is 1. The van der Waals surface area contributed by atoms with Gasteiger partial charge in [-0.1, -0.05) is 13.8 Å². The van der Waals surface area contributed by atoms with Crippen LogP contribution in [0.3, 0.4) is 0 Å². The Labute approximate surface area is 145 Å². The number of carboxylic acid groups (broad SMARTS) is 1. The molecule has 0 aliphatic rings. The topological polar surface area (TPSA) is 140 Å². The summed E-state index contributed by atoms with van der Waals surface area (Å²) in [6, 6.07) is 2.01. The summed E-state index contributed by atoms with van der Waals surface area (Å²) in [7, 11) is 0. The normalized spacial score (nSPS) is 11.3. The van der Waals surface area contributed by atoms with Crippen molar-refractivity contribution in [3.8, 4) is 5.75 Å². The molecule has 2 rings (SSSR count). The third-order valence-electron chi connectivity index (χ3n) is 2.79. The van der Waals surface area contributed by atoms with Crippen LogP contribution < -0.4 is 11.4 Å². The SMILES string of the molecule is CC.NC(C(=O)O)C(=O)OCc1cc(=O)oc2cc(O)c(Br)cc12. The third-order valence-corrected chi connectivity index (χ3v) is 3.42. The molecule has 1 aromatic carbocycles. The average molecular weight is 402 g/mol. The van der Waals surface area contributed by atoms with Crippen molar-refractivity contribution in [2.24, 2.45) is 5.73 Å². The van der Waals surface area contributed by atoms with Gasteiger partial charge in [0, 0.05) is 23.1 Å². The van der Waals surface area contributed by atoms with Gasteiger partial charge in [0.1, 0.15) is 17.9 Å². The summed E-state index contributed by atoms with van der Waals surface area (Å²) in [6.45, 7) is 3.64. The van der Waals surface area contributed by atoms with Crippen molar-refractivity contribution in [3.05, 3.63) is 38.7 Å². The number of aliphatic carboxylic acids is 1. The van der Waals surface area contributed by atoms with E-state index in [0.29, 0.717) is 9.86 Å². The molecule has 1 heterocycles. The van der Waals surface area contributed by atoms with E-state index in [1.165, 1.54) is 12.1 Å². The highest BCUT2D eigenvalue weighted by Gasteiger charge is 2.23. The van der Waals surface area contributed by atoms with Crippen molar-refractivity contribution in [2.75, 3.05) is 0 Å². The van der Waals surface area contributed by atoms with E-state index in [-0.39, 0.29) is 23.5 Å². The van der Waals surface area contributed by atoms with Crippen molar-refractivity contribution in [1.82, 2.24) is 0 Å². The van der Waals surface area contributed by atoms with Gasteiger partial charge >= 0.3 is 17.6 Å². The zero-order chi connectivity index (χ0) is 18.4. The molecular formula is C15H16BrNO7. The smallest absolute Gasteiger partial charge is 0.336 e. The van der Waals surface area contributed by atoms with Gasteiger partial charge in [-0.3, -0.25) is 0 Å². The molecule has 130 valence electrons. The van der Waals surface area contributed by atoms with Gasteiger partial charge in [-0.2, -0.15) is 0 Å². The lowest BCUT2D eigenvalue weighted by Crippen LogP contribution is -2.39. The first-order valence-electron chi connectivity index (χ1n) is 6.90. The van der Waals surface area contributed by atoms with E-state index in [9.17, 15) is 19.5 Å². The van der Waals surface area contributed by atoms with E-state index >= 15 is 0 Å². The first-order chi connectivity index (χ1) is 11.3. The largest absolute Gasteiger partial charge is 0.507 e. The molecule has 0 saturated heterocycles. The lowest BCUT2D eigenvalue weighted by Gasteiger charge is -2.10. The number of esters is 1. The molecule has 0 aliphatic carbocycles.